The Morgan fingerprint density at radius 3 is 2.77 bits per heavy atom. The van der Waals surface area contributed by atoms with Crippen molar-refractivity contribution in [3.63, 3.8) is 0 Å². The smallest absolute Gasteiger partial charge is 0.233 e. The summed E-state index contributed by atoms with van der Waals surface area (Å²) in [5, 5.41) is 0.737. The predicted octanol–water partition coefficient (Wildman–Crippen LogP) is 4.61. The van der Waals surface area contributed by atoms with Crippen molar-refractivity contribution in [2.24, 2.45) is 0 Å². The maximum atomic E-state index is 13.2. The molecular formula is C23H28ClN3O2S. The van der Waals surface area contributed by atoms with Crippen LogP contribution in [0.4, 0.5) is 5.69 Å². The number of thiazole rings is 1. The fourth-order valence-corrected chi connectivity index (χ4v) is 5.71. The van der Waals surface area contributed by atoms with Crippen molar-refractivity contribution in [3.8, 4) is 0 Å². The number of hydrogen-bond donors (Lipinski definition) is 0. The van der Waals surface area contributed by atoms with E-state index in [1.165, 1.54) is 41.7 Å². The van der Waals surface area contributed by atoms with Crippen molar-refractivity contribution >= 4 is 40.4 Å². The molecule has 0 radical (unpaired) electrons. The molecule has 1 unspecified atom stereocenters. The maximum Gasteiger partial charge on any atom is 0.233 e. The first-order chi connectivity index (χ1) is 14.4. The molecule has 2 aliphatic rings. The lowest BCUT2D eigenvalue weighted by Crippen LogP contribution is -2.40. The van der Waals surface area contributed by atoms with E-state index in [-0.39, 0.29) is 23.7 Å². The zero-order valence-corrected chi connectivity index (χ0v) is 19.2. The standard InChI is InChI=1S/C23H28ClN3O2S/c1-3-4-5-6-17-7-8-19-18(11-17)23(9-10-26(14-23)16(2)28)15-27(19)22(29)12-21-25-13-20(24)30-21/h7-8,11,13H,3-6,9-10,12,14-15H2,1-2H3. The van der Waals surface area contributed by atoms with Crippen LogP contribution in [0.2, 0.25) is 4.34 Å². The summed E-state index contributed by atoms with van der Waals surface area (Å²) in [6, 6.07) is 6.56. The average molecular weight is 446 g/mol. The minimum atomic E-state index is -0.169. The zero-order chi connectivity index (χ0) is 21.3. The van der Waals surface area contributed by atoms with Gasteiger partial charge in [0.15, 0.2) is 0 Å². The zero-order valence-electron chi connectivity index (χ0n) is 17.6. The van der Waals surface area contributed by atoms with Gasteiger partial charge in [0.2, 0.25) is 11.8 Å². The Morgan fingerprint density at radius 2 is 2.10 bits per heavy atom. The van der Waals surface area contributed by atoms with Crippen LogP contribution in [-0.4, -0.2) is 41.3 Å². The number of amides is 2. The molecule has 1 saturated heterocycles. The molecule has 1 spiro atoms. The third-order valence-electron chi connectivity index (χ3n) is 6.38. The van der Waals surface area contributed by atoms with Gasteiger partial charge < -0.3 is 9.80 Å². The van der Waals surface area contributed by atoms with Crippen LogP contribution in [0.5, 0.6) is 0 Å². The lowest BCUT2D eigenvalue weighted by Gasteiger charge is -2.25. The highest BCUT2D eigenvalue weighted by Gasteiger charge is 2.49. The van der Waals surface area contributed by atoms with E-state index in [4.69, 9.17) is 11.6 Å². The Balaban J connectivity index is 1.63. The Labute approximate surface area is 187 Å². The van der Waals surface area contributed by atoms with Gasteiger partial charge >= 0.3 is 0 Å². The molecule has 0 aliphatic carbocycles. The molecule has 2 amide bonds. The number of halogens is 1. The van der Waals surface area contributed by atoms with Crippen LogP contribution in [0.3, 0.4) is 0 Å². The summed E-state index contributed by atoms with van der Waals surface area (Å²) in [6.07, 6.45) is 7.40. The van der Waals surface area contributed by atoms with Gasteiger partial charge in [0, 0.05) is 37.7 Å². The summed E-state index contributed by atoms with van der Waals surface area (Å²) in [6.45, 7) is 5.90. The van der Waals surface area contributed by atoms with Gasteiger partial charge in [-0.05, 0) is 36.5 Å². The molecule has 1 atom stereocenters. The second-order valence-corrected chi connectivity index (χ2v) is 10.2. The molecule has 7 heteroatoms. The fraction of sp³-hybridized carbons (Fsp3) is 0.522. The molecule has 30 heavy (non-hydrogen) atoms. The molecule has 1 aromatic carbocycles. The van der Waals surface area contributed by atoms with E-state index in [0.717, 1.165) is 30.1 Å². The minimum absolute atomic E-state index is 0.0409. The number of benzene rings is 1. The number of nitrogens with zero attached hydrogens (tertiary/aromatic N) is 3. The van der Waals surface area contributed by atoms with Gasteiger partial charge in [-0.2, -0.15) is 0 Å². The first-order valence-corrected chi connectivity index (χ1v) is 11.9. The van der Waals surface area contributed by atoms with Gasteiger partial charge in [-0.1, -0.05) is 43.5 Å². The summed E-state index contributed by atoms with van der Waals surface area (Å²) in [5.74, 6) is 0.147. The topological polar surface area (TPSA) is 53.5 Å². The van der Waals surface area contributed by atoms with Crippen molar-refractivity contribution in [1.82, 2.24) is 9.88 Å². The molecule has 160 valence electrons. The Hall–Kier alpha value is -1.92. The predicted molar refractivity (Wildman–Crippen MR) is 121 cm³/mol. The molecule has 1 fully saturated rings. The van der Waals surface area contributed by atoms with Crippen LogP contribution in [0.15, 0.2) is 24.4 Å². The number of hydrogen-bond acceptors (Lipinski definition) is 4. The Morgan fingerprint density at radius 1 is 1.27 bits per heavy atom. The molecule has 2 aliphatic heterocycles. The highest BCUT2D eigenvalue weighted by atomic mass is 35.5. The van der Waals surface area contributed by atoms with Crippen LogP contribution in [0, 0.1) is 0 Å². The maximum absolute atomic E-state index is 13.2. The van der Waals surface area contributed by atoms with Gasteiger partial charge in [0.05, 0.1) is 12.6 Å². The van der Waals surface area contributed by atoms with E-state index in [2.05, 4.69) is 30.1 Å². The molecule has 0 saturated carbocycles. The quantitative estimate of drug-likeness (QED) is 0.610. The number of fused-ring (bicyclic) bond motifs is 2. The summed E-state index contributed by atoms with van der Waals surface area (Å²) in [7, 11) is 0. The number of rotatable bonds is 6. The number of carbonyl (C=O) groups excluding carboxylic acids is 2. The molecule has 1 aromatic heterocycles. The normalized spacial score (nSPS) is 20.2. The second-order valence-electron chi connectivity index (χ2n) is 8.49. The number of unbranched alkanes of at least 4 members (excludes halogenated alkanes) is 2. The van der Waals surface area contributed by atoms with Crippen LogP contribution in [0.1, 0.15) is 55.7 Å². The van der Waals surface area contributed by atoms with Crippen LogP contribution < -0.4 is 4.90 Å². The highest BCUT2D eigenvalue weighted by molar-refractivity contribution is 7.15. The molecule has 3 heterocycles. The van der Waals surface area contributed by atoms with E-state index >= 15 is 0 Å². The van der Waals surface area contributed by atoms with E-state index in [0.29, 0.717) is 17.4 Å². The van der Waals surface area contributed by atoms with Crippen LogP contribution in [0.25, 0.3) is 0 Å². The van der Waals surface area contributed by atoms with Gasteiger partial charge in [-0.3, -0.25) is 9.59 Å². The first-order valence-electron chi connectivity index (χ1n) is 10.7. The third-order valence-corrected chi connectivity index (χ3v) is 7.50. The van der Waals surface area contributed by atoms with Crippen molar-refractivity contribution in [3.05, 3.63) is 44.9 Å². The molecule has 5 nitrogen and oxygen atoms in total. The monoisotopic (exact) mass is 445 g/mol. The highest BCUT2D eigenvalue weighted by Crippen LogP contribution is 2.47. The van der Waals surface area contributed by atoms with Crippen molar-refractivity contribution in [1.29, 1.82) is 0 Å². The number of anilines is 1. The molecule has 0 bridgehead atoms. The van der Waals surface area contributed by atoms with Gasteiger partial charge in [-0.25, -0.2) is 4.98 Å². The first kappa shape index (κ1) is 21.3. The molecule has 0 N–H and O–H groups in total. The SMILES string of the molecule is CCCCCc1ccc2c(c1)C1(CCN(C(C)=O)C1)CN2C(=O)Cc1ncc(Cl)s1. The van der Waals surface area contributed by atoms with Crippen molar-refractivity contribution in [2.75, 3.05) is 24.5 Å². The summed E-state index contributed by atoms with van der Waals surface area (Å²) in [5.41, 5.74) is 3.37. The molecule has 2 aromatic rings. The van der Waals surface area contributed by atoms with Gasteiger partial charge in [-0.15, -0.1) is 11.3 Å². The van der Waals surface area contributed by atoms with E-state index in [1.807, 2.05) is 9.80 Å². The van der Waals surface area contributed by atoms with Crippen molar-refractivity contribution < 1.29 is 9.59 Å². The summed E-state index contributed by atoms with van der Waals surface area (Å²) in [4.78, 5) is 33.3. The molecule has 4 rings (SSSR count). The summed E-state index contributed by atoms with van der Waals surface area (Å²) >= 11 is 7.34. The Bertz CT molecular complexity index is 960. The lowest BCUT2D eigenvalue weighted by molar-refractivity contribution is -0.127. The van der Waals surface area contributed by atoms with Gasteiger partial charge in [0.1, 0.15) is 9.34 Å². The average Bonchev–Trinajstić information content (AvgIpc) is 3.41. The van der Waals surface area contributed by atoms with E-state index < -0.39 is 0 Å². The van der Waals surface area contributed by atoms with Crippen molar-refractivity contribution in [2.45, 2.75) is 57.8 Å². The number of aryl methyl sites for hydroxylation is 1. The van der Waals surface area contributed by atoms with E-state index in [9.17, 15) is 9.59 Å². The molecular weight excluding hydrogens is 418 g/mol. The third kappa shape index (κ3) is 4.12. The largest absolute Gasteiger partial charge is 0.342 e. The Kier molecular flexibility index (Phi) is 6.16. The van der Waals surface area contributed by atoms with Crippen LogP contribution in [-0.2, 0) is 27.8 Å². The van der Waals surface area contributed by atoms with Gasteiger partial charge in [0.25, 0.3) is 0 Å². The number of carbonyl (C=O) groups is 2. The fourth-order valence-electron chi connectivity index (χ4n) is 4.76. The summed E-state index contributed by atoms with van der Waals surface area (Å²) < 4.78 is 0.598. The van der Waals surface area contributed by atoms with Crippen LogP contribution >= 0.6 is 22.9 Å². The van der Waals surface area contributed by atoms with E-state index in [1.54, 1.807) is 13.1 Å². The minimum Gasteiger partial charge on any atom is -0.342 e. The number of likely N-dealkylation sites (tertiary alicyclic amines) is 1. The second kappa shape index (κ2) is 8.67. The number of aromatic nitrogens is 1. The lowest BCUT2D eigenvalue weighted by atomic mass is 9.80.